The minimum absolute atomic E-state index is 0.00789. The number of anilines is 2. The zero-order chi connectivity index (χ0) is 22.0. The van der Waals surface area contributed by atoms with Crippen molar-refractivity contribution >= 4 is 33.9 Å². The fraction of sp³-hybridized carbons (Fsp3) is 0.304. The maximum atomic E-state index is 12.8. The van der Waals surface area contributed by atoms with Gasteiger partial charge in [0, 0.05) is 41.8 Å². The first-order chi connectivity index (χ1) is 15.0. The minimum Gasteiger partial charge on any atom is -0.495 e. The minimum atomic E-state index is -0.396. The maximum absolute atomic E-state index is 12.8. The van der Waals surface area contributed by atoms with E-state index in [1.54, 1.807) is 13.2 Å². The smallest absolute Gasteiger partial charge is 0.295 e. The topological polar surface area (TPSA) is 97.6 Å². The van der Waals surface area contributed by atoms with Gasteiger partial charge in [-0.3, -0.25) is 14.9 Å². The Hall–Kier alpha value is -3.68. The third-order valence-corrected chi connectivity index (χ3v) is 5.69. The Balaban J connectivity index is 1.51. The molecule has 0 unspecified atom stereocenters. The summed E-state index contributed by atoms with van der Waals surface area (Å²) in [6, 6.07) is 14.3. The fourth-order valence-corrected chi connectivity index (χ4v) is 4.11. The molecule has 4 rings (SSSR count). The molecule has 1 fully saturated rings. The summed E-state index contributed by atoms with van der Waals surface area (Å²) in [5.74, 6) is 0.508. The van der Waals surface area contributed by atoms with Gasteiger partial charge in [0.05, 0.1) is 17.7 Å². The zero-order valence-corrected chi connectivity index (χ0v) is 17.5. The van der Waals surface area contributed by atoms with Crippen LogP contribution in [0.3, 0.4) is 0 Å². The Kier molecular flexibility index (Phi) is 5.70. The molecule has 2 aromatic carbocycles. The van der Waals surface area contributed by atoms with Gasteiger partial charge in [0.25, 0.3) is 5.69 Å². The largest absolute Gasteiger partial charge is 0.495 e. The number of carbonyl (C=O) groups excluding carboxylic acids is 1. The Labute approximate surface area is 180 Å². The number of piperidine rings is 1. The van der Waals surface area contributed by atoms with Gasteiger partial charge in [-0.1, -0.05) is 24.3 Å². The van der Waals surface area contributed by atoms with Gasteiger partial charge >= 0.3 is 0 Å². The number of nitro benzene ring substituents is 1. The number of amides is 1. The molecule has 160 valence electrons. The molecule has 8 heteroatoms. The van der Waals surface area contributed by atoms with Gasteiger partial charge in [-0.2, -0.15) is 0 Å². The van der Waals surface area contributed by atoms with E-state index in [1.165, 1.54) is 6.07 Å². The Morgan fingerprint density at radius 2 is 1.94 bits per heavy atom. The molecule has 31 heavy (non-hydrogen) atoms. The van der Waals surface area contributed by atoms with E-state index in [0.29, 0.717) is 42.9 Å². The van der Waals surface area contributed by atoms with Crippen molar-refractivity contribution in [2.24, 2.45) is 5.92 Å². The van der Waals surface area contributed by atoms with Crippen LogP contribution < -0.4 is 15.0 Å². The van der Waals surface area contributed by atoms with E-state index in [2.05, 4.69) is 15.2 Å². The van der Waals surface area contributed by atoms with E-state index < -0.39 is 4.92 Å². The number of methoxy groups -OCH3 is 1. The van der Waals surface area contributed by atoms with Gasteiger partial charge in [-0.05, 0) is 38.0 Å². The molecule has 1 N–H and O–H groups in total. The first-order valence-corrected chi connectivity index (χ1v) is 10.2. The SMILES string of the molecule is COc1ccccc1NC(=O)C1CCN(c2cc(C)nc3c([N+](=O)[O-])cccc23)CC1. The molecule has 0 saturated carbocycles. The van der Waals surface area contributed by atoms with Crippen molar-refractivity contribution < 1.29 is 14.5 Å². The maximum Gasteiger partial charge on any atom is 0.295 e. The van der Waals surface area contributed by atoms with E-state index in [4.69, 9.17) is 4.74 Å². The van der Waals surface area contributed by atoms with Gasteiger partial charge < -0.3 is 15.0 Å². The van der Waals surface area contributed by atoms with Crippen molar-refractivity contribution in [3.8, 4) is 5.75 Å². The normalized spacial score (nSPS) is 14.5. The van der Waals surface area contributed by atoms with Crippen molar-refractivity contribution in [1.82, 2.24) is 4.98 Å². The Morgan fingerprint density at radius 3 is 2.65 bits per heavy atom. The lowest BCUT2D eigenvalue weighted by Crippen LogP contribution is -2.38. The van der Waals surface area contributed by atoms with Gasteiger partial charge in [-0.25, -0.2) is 4.98 Å². The summed E-state index contributed by atoms with van der Waals surface area (Å²) in [7, 11) is 1.58. The molecular weight excluding hydrogens is 396 g/mol. The van der Waals surface area contributed by atoms with Crippen LogP contribution in [0.1, 0.15) is 18.5 Å². The lowest BCUT2D eigenvalue weighted by molar-refractivity contribution is -0.383. The molecule has 1 amide bonds. The van der Waals surface area contributed by atoms with E-state index in [9.17, 15) is 14.9 Å². The summed E-state index contributed by atoms with van der Waals surface area (Å²) in [6.45, 7) is 3.21. The molecule has 0 bridgehead atoms. The van der Waals surface area contributed by atoms with Crippen molar-refractivity contribution in [2.75, 3.05) is 30.4 Å². The Bertz CT molecular complexity index is 1140. The highest BCUT2D eigenvalue weighted by Crippen LogP contribution is 2.34. The van der Waals surface area contributed by atoms with Gasteiger partial charge in [0.1, 0.15) is 5.75 Å². The summed E-state index contributed by atoms with van der Waals surface area (Å²) in [5, 5.41) is 15.2. The highest BCUT2D eigenvalue weighted by molar-refractivity contribution is 5.97. The van der Waals surface area contributed by atoms with Crippen molar-refractivity contribution in [2.45, 2.75) is 19.8 Å². The summed E-state index contributed by atoms with van der Waals surface area (Å²) in [6.07, 6.45) is 1.39. The number of non-ortho nitro benzene ring substituents is 1. The monoisotopic (exact) mass is 420 g/mol. The number of nitrogens with zero attached hydrogens (tertiary/aromatic N) is 3. The molecule has 1 aliphatic rings. The second-order valence-electron chi connectivity index (χ2n) is 7.66. The zero-order valence-electron chi connectivity index (χ0n) is 17.5. The molecular formula is C23H24N4O4. The number of benzene rings is 2. The van der Waals surface area contributed by atoms with Crippen molar-refractivity contribution in [1.29, 1.82) is 0 Å². The fourth-order valence-electron chi connectivity index (χ4n) is 4.11. The molecule has 0 aliphatic carbocycles. The van der Waals surface area contributed by atoms with Crippen LogP contribution in [-0.4, -0.2) is 36.0 Å². The van der Waals surface area contributed by atoms with Crippen LogP contribution >= 0.6 is 0 Å². The van der Waals surface area contributed by atoms with Crippen LogP contribution in [0.15, 0.2) is 48.5 Å². The standard InChI is InChI=1S/C23H24N4O4/c1-15-14-20(17-6-5-8-19(27(29)30)22(17)24-15)26-12-10-16(11-13-26)23(28)25-18-7-3-4-9-21(18)31-2/h3-9,14,16H,10-13H2,1-2H3,(H,25,28). The number of hydrogen-bond acceptors (Lipinski definition) is 6. The number of rotatable bonds is 5. The van der Waals surface area contributed by atoms with Crippen molar-refractivity contribution in [3.63, 3.8) is 0 Å². The number of aryl methyl sites for hydroxylation is 1. The Morgan fingerprint density at radius 1 is 1.19 bits per heavy atom. The first kappa shape index (κ1) is 20.6. The molecule has 1 aliphatic heterocycles. The predicted octanol–water partition coefficient (Wildman–Crippen LogP) is 4.32. The molecule has 2 heterocycles. The number of nitrogens with one attached hydrogen (secondary N) is 1. The number of carbonyl (C=O) groups is 1. The van der Waals surface area contributed by atoms with Crippen LogP contribution in [0.5, 0.6) is 5.75 Å². The number of pyridine rings is 1. The predicted molar refractivity (Wildman–Crippen MR) is 120 cm³/mol. The third-order valence-electron chi connectivity index (χ3n) is 5.69. The highest BCUT2D eigenvalue weighted by atomic mass is 16.6. The summed E-state index contributed by atoms with van der Waals surface area (Å²) < 4.78 is 5.31. The molecule has 1 aromatic heterocycles. The number of fused-ring (bicyclic) bond motifs is 1. The first-order valence-electron chi connectivity index (χ1n) is 10.2. The highest BCUT2D eigenvalue weighted by Gasteiger charge is 2.27. The van der Waals surface area contributed by atoms with E-state index in [-0.39, 0.29) is 17.5 Å². The third kappa shape index (κ3) is 4.14. The second-order valence-corrected chi connectivity index (χ2v) is 7.66. The molecule has 1 saturated heterocycles. The van der Waals surface area contributed by atoms with Crippen LogP contribution in [0, 0.1) is 23.0 Å². The average Bonchev–Trinajstić information content (AvgIpc) is 2.78. The number of hydrogen-bond donors (Lipinski definition) is 1. The second kappa shape index (κ2) is 8.59. The van der Waals surface area contributed by atoms with Crippen LogP contribution in [0.2, 0.25) is 0 Å². The lowest BCUT2D eigenvalue weighted by Gasteiger charge is -2.33. The average molecular weight is 420 g/mol. The molecule has 0 spiro atoms. The van der Waals surface area contributed by atoms with Crippen LogP contribution in [0.4, 0.5) is 17.1 Å². The molecule has 8 nitrogen and oxygen atoms in total. The van der Waals surface area contributed by atoms with Gasteiger partial charge in [0.15, 0.2) is 5.52 Å². The van der Waals surface area contributed by atoms with E-state index in [1.807, 2.05) is 43.3 Å². The van der Waals surface area contributed by atoms with Crippen molar-refractivity contribution in [3.05, 3.63) is 64.3 Å². The summed E-state index contributed by atoms with van der Waals surface area (Å²) in [5.41, 5.74) is 2.73. The number of nitro groups is 1. The van der Waals surface area contributed by atoms with Gasteiger partial charge in [0.2, 0.25) is 5.91 Å². The number of ether oxygens (including phenoxy) is 1. The van der Waals surface area contributed by atoms with Crippen LogP contribution in [-0.2, 0) is 4.79 Å². The number of para-hydroxylation sites is 3. The van der Waals surface area contributed by atoms with E-state index >= 15 is 0 Å². The molecule has 0 radical (unpaired) electrons. The summed E-state index contributed by atoms with van der Waals surface area (Å²) in [4.78, 5) is 30.4. The quantitative estimate of drug-likeness (QED) is 0.488. The lowest BCUT2D eigenvalue weighted by atomic mass is 9.95. The van der Waals surface area contributed by atoms with Gasteiger partial charge in [-0.15, -0.1) is 0 Å². The number of aromatic nitrogens is 1. The molecule has 0 atom stereocenters. The van der Waals surface area contributed by atoms with E-state index in [0.717, 1.165) is 16.8 Å². The summed E-state index contributed by atoms with van der Waals surface area (Å²) >= 11 is 0. The molecule has 3 aromatic rings. The van der Waals surface area contributed by atoms with Crippen LogP contribution in [0.25, 0.3) is 10.9 Å².